The van der Waals surface area contributed by atoms with Gasteiger partial charge in [-0.1, -0.05) is 50.2 Å². The minimum absolute atomic E-state index is 0.0711. The van der Waals surface area contributed by atoms with Gasteiger partial charge in [-0.25, -0.2) is 4.98 Å². The number of carbonyl (C=O) groups excluding carboxylic acids is 2. The molecule has 2 amide bonds. The lowest BCUT2D eigenvalue weighted by molar-refractivity contribution is -0.141. The summed E-state index contributed by atoms with van der Waals surface area (Å²) in [5.41, 5.74) is 13.9. The second-order valence-electron chi connectivity index (χ2n) is 22.0. The number of amides is 2. The smallest absolute Gasteiger partial charge is 0.254 e. The molecule has 1 aliphatic carbocycles. The number of piperidine rings is 2. The van der Waals surface area contributed by atoms with Crippen molar-refractivity contribution in [2.75, 3.05) is 51.6 Å². The molecular formula is C57H73N11O6S. The van der Waals surface area contributed by atoms with Crippen LogP contribution in [-0.2, 0) is 9.59 Å². The van der Waals surface area contributed by atoms with Crippen LogP contribution in [0.2, 0.25) is 0 Å². The molecule has 0 radical (unpaired) electrons. The number of nitrogen functional groups attached to an aromatic ring is 1. The number of carbonyl (C=O) groups is 2. The van der Waals surface area contributed by atoms with Crippen molar-refractivity contribution in [2.45, 2.75) is 122 Å². The molecule has 10 rings (SSSR count). The number of para-hydroxylation sites is 1. The highest BCUT2D eigenvalue weighted by Crippen LogP contribution is 2.39. The third-order valence-electron chi connectivity index (χ3n) is 16.7. The van der Waals surface area contributed by atoms with E-state index < -0.39 is 18.1 Å². The van der Waals surface area contributed by atoms with Gasteiger partial charge in [0.25, 0.3) is 5.88 Å². The lowest BCUT2D eigenvalue weighted by atomic mass is 9.77. The van der Waals surface area contributed by atoms with Crippen LogP contribution in [0.5, 0.6) is 11.6 Å². The first-order valence-corrected chi connectivity index (χ1v) is 27.9. The number of hydrogen-bond acceptors (Lipinski definition) is 15. The summed E-state index contributed by atoms with van der Waals surface area (Å²) >= 11 is 1.60. The number of aromatic nitrogens is 6. The number of likely N-dealkylation sites (tertiary alicyclic amines) is 3. The van der Waals surface area contributed by atoms with E-state index in [0.717, 1.165) is 97.0 Å². The molecule has 7 heterocycles. The molecule has 4 aliphatic rings. The summed E-state index contributed by atoms with van der Waals surface area (Å²) < 4.78 is 14.0. The van der Waals surface area contributed by atoms with E-state index >= 15 is 0 Å². The van der Waals surface area contributed by atoms with Crippen molar-refractivity contribution in [3.05, 3.63) is 95.6 Å². The number of aryl methyl sites for hydroxylation is 1. The second kappa shape index (κ2) is 22.9. The molecule has 6 aromatic rings. The fourth-order valence-electron chi connectivity index (χ4n) is 12.0. The molecule has 75 heavy (non-hydrogen) atoms. The Bertz CT molecular complexity index is 2880. The van der Waals surface area contributed by atoms with Gasteiger partial charge in [0, 0.05) is 54.5 Å². The van der Waals surface area contributed by atoms with E-state index in [1.54, 1.807) is 29.5 Å². The third-order valence-corrected chi connectivity index (χ3v) is 17.7. The van der Waals surface area contributed by atoms with Crippen molar-refractivity contribution in [2.24, 2.45) is 23.7 Å². The third kappa shape index (κ3) is 11.8. The quantitative estimate of drug-likeness (QED) is 0.0635. The minimum Gasteiger partial charge on any atom is -0.507 e. The number of benzene rings is 2. The highest BCUT2D eigenvalue weighted by molar-refractivity contribution is 7.13. The van der Waals surface area contributed by atoms with E-state index in [1.807, 2.05) is 81.9 Å². The zero-order valence-corrected chi connectivity index (χ0v) is 44.7. The molecule has 5 N–H and O–H groups in total. The number of rotatable bonds is 18. The highest BCUT2D eigenvalue weighted by Gasteiger charge is 2.44. The van der Waals surface area contributed by atoms with E-state index in [0.29, 0.717) is 53.2 Å². The first-order chi connectivity index (χ1) is 36.3. The van der Waals surface area contributed by atoms with Gasteiger partial charge < -0.3 is 45.2 Å². The van der Waals surface area contributed by atoms with Crippen molar-refractivity contribution in [3.63, 3.8) is 0 Å². The molecule has 3 saturated heterocycles. The molecule has 0 bridgehead atoms. The van der Waals surface area contributed by atoms with Crippen LogP contribution >= 0.6 is 11.3 Å². The standard InChI is InChI=1S/C57H73N11O6S/c1-34(2)53(57(72)67-32-45(69)26-49(67)56(71)61-35(3)40-10-12-42(13-11-40)54-36(4)59-33-75-54)51-28-52(64-74-51)73-23-18-38-14-19-65(20-15-38)30-39-24-44(25-39)66-21-16-41(17-22-66)37(5)68-31-43(29-60-68)47-27-48(62-63-55(47)58)46-8-6-7-9-50(46)70/h6-13,27-29,31,33-35,37-39,41,44-45,49,53,69-70H,14-26,30,32H2,1-5H3,(H2,58,63)(H,61,71)/t35-,37?,39?,44?,45+,49-,53-/m0/s1. The SMILES string of the molecule is Cc1ncsc1-c1ccc([C@H](C)NC(=O)[C@@H]2C[C@@H](O)CN2C(=O)[C@H](c2cc(OCCC3CCN(CC4CC(N5CCC(C(C)n6cc(-c7cc(-c8ccccc8O)nnc7N)cn6)CC5)C4)CC3)no2)C(C)C)cc1. The molecule has 3 aliphatic heterocycles. The van der Waals surface area contributed by atoms with Crippen LogP contribution in [0.4, 0.5) is 5.82 Å². The Labute approximate surface area is 443 Å². The molecule has 18 heteroatoms. The van der Waals surface area contributed by atoms with Gasteiger partial charge in [0.15, 0.2) is 11.6 Å². The van der Waals surface area contributed by atoms with Gasteiger partial charge in [0.2, 0.25) is 11.8 Å². The maximum atomic E-state index is 14.3. The molecule has 1 unspecified atom stereocenters. The van der Waals surface area contributed by atoms with E-state index in [2.05, 4.69) is 53.3 Å². The van der Waals surface area contributed by atoms with Gasteiger partial charge in [-0.3, -0.25) is 14.3 Å². The Hall–Kier alpha value is -6.21. The van der Waals surface area contributed by atoms with E-state index in [1.165, 1.54) is 24.3 Å². The van der Waals surface area contributed by atoms with E-state index in [4.69, 9.17) is 20.1 Å². The first-order valence-electron chi connectivity index (χ1n) is 27.1. The van der Waals surface area contributed by atoms with Crippen molar-refractivity contribution in [1.82, 2.24) is 50.1 Å². The zero-order chi connectivity index (χ0) is 52.3. The molecule has 17 nitrogen and oxygen atoms in total. The molecule has 4 aromatic heterocycles. The van der Waals surface area contributed by atoms with Crippen LogP contribution in [0.3, 0.4) is 0 Å². The number of β-amino-alcohol motifs (C(OH)–C–C–N with tert-alkyl or cyclic N) is 1. The number of nitrogens with two attached hydrogens (primary N) is 1. The van der Waals surface area contributed by atoms with E-state index in [-0.39, 0.29) is 48.5 Å². The van der Waals surface area contributed by atoms with Crippen molar-refractivity contribution >= 4 is 29.0 Å². The Morgan fingerprint density at radius 2 is 1.68 bits per heavy atom. The predicted octanol–water partition coefficient (Wildman–Crippen LogP) is 8.53. The molecule has 398 valence electrons. The lowest BCUT2D eigenvalue weighted by Gasteiger charge is -2.48. The lowest BCUT2D eigenvalue weighted by Crippen LogP contribution is -2.51. The van der Waals surface area contributed by atoms with Gasteiger partial charge in [-0.05, 0) is 150 Å². The number of ether oxygens (including phenoxy) is 1. The number of nitrogens with one attached hydrogen (secondary N) is 1. The Kier molecular flexibility index (Phi) is 16.0. The molecule has 5 atom stereocenters. The number of aliphatic hydroxyl groups is 1. The van der Waals surface area contributed by atoms with Gasteiger partial charge >= 0.3 is 0 Å². The topological polar surface area (TPSA) is 214 Å². The fraction of sp³-hybridized carbons (Fsp3) is 0.526. The van der Waals surface area contributed by atoms with Gasteiger partial charge in [-0.2, -0.15) is 5.10 Å². The van der Waals surface area contributed by atoms with Crippen LogP contribution in [0.1, 0.15) is 114 Å². The van der Waals surface area contributed by atoms with Crippen LogP contribution in [0, 0.1) is 30.6 Å². The van der Waals surface area contributed by atoms with Gasteiger partial charge in [0.1, 0.15) is 17.7 Å². The number of nitrogens with zero attached hydrogens (tertiary/aromatic N) is 9. The van der Waals surface area contributed by atoms with Gasteiger partial charge in [-0.15, -0.1) is 21.5 Å². The number of hydrogen-bond donors (Lipinski definition) is 4. The molecule has 2 aromatic carbocycles. The number of aliphatic hydroxyl groups excluding tert-OH is 1. The average molecular weight is 1040 g/mol. The summed E-state index contributed by atoms with van der Waals surface area (Å²) in [6, 6.07) is 18.6. The minimum atomic E-state index is -0.811. The molecule has 4 fully saturated rings. The maximum absolute atomic E-state index is 14.3. The number of phenols is 1. The fourth-order valence-corrected chi connectivity index (χ4v) is 12.9. The summed E-state index contributed by atoms with van der Waals surface area (Å²) in [4.78, 5) is 40.4. The average Bonchev–Trinajstić information content (AvgIpc) is 4.24. The maximum Gasteiger partial charge on any atom is 0.254 e. The first kappa shape index (κ1) is 52.2. The molecular weight excluding hydrogens is 967 g/mol. The summed E-state index contributed by atoms with van der Waals surface area (Å²) in [5.74, 6) is 1.71. The number of anilines is 1. The van der Waals surface area contributed by atoms with Gasteiger partial charge in [0.05, 0.1) is 52.8 Å². The van der Waals surface area contributed by atoms with Crippen molar-refractivity contribution in [3.8, 4) is 44.5 Å². The predicted molar refractivity (Wildman–Crippen MR) is 289 cm³/mol. The monoisotopic (exact) mass is 1040 g/mol. The van der Waals surface area contributed by atoms with Crippen LogP contribution in [-0.4, -0.2) is 131 Å². The largest absolute Gasteiger partial charge is 0.507 e. The van der Waals surface area contributed by atoms with Crippen molar-refractivity contribution in [1.29, 1.82) is 0 Å². The van der Waals surface area contributed by atoms with Crippen LogP contribution < -0.4 is 15.8 Å². The summed E-state index contributed by atoms with van der Waals surface area (Å²) in [5, 5.41) is 41.6. The normalized spacial score (nSPS) is 22.3. The summed E-state index contributed by atoms with van der Waals surface area (Å²) in [7, 11) is 0. The van der Waals surface area contributed by atoms with Crippen molar-refractivity contribution < 1.29 is 29.1 Å². The summed E-state index contributed by atoms with van der Waals surface area (Å²) in [6.45, 7) is 16.3. The number of aromatic hydroxyl groups is 1. The second-order valence-corrected chi connectivity index (χ2v) is 22.9. The summed E-state index contributed by atoms with van der Waals surface area (Å²) in [6.07, 6.45) is 11.4. The highest BCUT2D eigenvalue weighted by atomic mass is 32.1. The number of thiazole rings is 1. The Balaban J connectivity index is 0.626. The molecule has 0 spiro atoms. The van der Waals surface area contributed by atoms with Crippen LogP contribution in [0.25, 0.3) is 32.8 Å². The molecule has 1 saturated carbocycles. The van der Waals surface area contributed by atoms with Crippen LogP contribution in [0.15, 0.2) is 83.1 Å². The Morgan fingerprint density at radius 1 is 0.920 bits per heavy atom. The Morgan fingerprint density at radius 3 is 2.40 bits per heavy atom. The van der Waals surface area contributed by atoms with E-state index in [9.17, 15) is 19.8 Å². The number of phenolic OH excluding ortho intramolecular Hbond substituents is 1. The zero-order valence-electron chi connectivity index (χ0n) is 43.9.